The Bertz CT molecular complexity index is 1370. The largest absolute Gasteiger partial charge is 0.478 e. The summed E-state index contributed by atoms with van der Waals surface area (Å²) in [7, 11) is 0. The zero-order valence-corrected chi connectivity index (χ0v) is 24.6. The molecular weight excluding hydrogens is 520 g/mol. The Balaban J connectivity index is 1.69. The molecule has 222 valence electrons. The number of carbonyl (C=O) groups is 1. The molecule has 3 rings (SSSR count). The number of nitrogens with one attached hydrogen (secondary N) is 1. The third-order valence-corrected chi connectivity index (χ3v) is 7.14. The van der Waals surface area contributed by atoms with Crippen molar-refractivity contribution >= 4 is 11.8 Å². The first-order valence-corrected chi connectivity index (χ1v) is 14.8. The number of aromatic nitrogens is 3. The van der Waals surface area contributed by atoms with Crippen LogP contribution in [-0.4, -0.2) is 37.6 Å². The van der Waals surface area contributed by atoms with E-state index in [-0.39, 0.29) is 12.4 Å². The Hall–Kier alpha value is -3.88. The van der Waals surface area contributed by atoms with Gasteiger partial charge in [0.25, 0.3) is 5.56 Å². The van der Waals surface area contributed by atoms with Crippen LogP contribution in [0, 0.1) is 0 Å². The highest BCUT2D eigenvalue weighted by Crippen LogP contribution is 2.24. The normalized spacial score (nSPS) is 12.6. The molecule has 9 nitrogen and oxygen atoms in total. The highest BCUT2D eigenvalue weighted by molar-refractivity contribution is 5.77. The first-order valence-electron chi connectivity index (χ1n) is 14.8. The van der Waals surface area contributed by atoms with Crippen molar-refractivity contribution in [2.75, 3.05) is 11.9 Å². The lowest BCUT2D eigenvalue weighted by molar-refractivity contribution is -0.154. The number of nitrogens with zero attached hydrogens (tertiary/aromatic N) is 3. The van der Waals surface area contributed by atoms with Crippen molar-refractivity contribution < 1.29 is 14.6 Å². The molecule has 1 atom stereocenters. The molecule has 0 radical (unpaired) electrons. The lowest BCUT2D eigenvalue weighted by Gasteiger charge is -2.26. The van der Waals surface area contributed by atoms with E-state index >= 15 is 0 Å². The average molecular weight is 565 g/mol. The Morgan fingerprint density at radius 2 is 1.68 bits per heavy atom. The van der Waals surface area contributed by atoms with Gasteiger partial charge in [-0.25, -0.2) is 14.3 Å². The summed E-state index contributed by atoms with van der Waals surface area (Å²) in [5, 5.41) is 17.2. The highest BCUT2D eigenvalue weighted by Gasteiger charge is 2.34. The van der Waals surface area contributed by atoms with Crippen LogP contribution < -0.4 is 21.3 Å². The molecule has 2 N–H and O–H groups in total. The van der Waals surface area contributed by atoms with Crippen LogP contribution in [0.25, 0.3) is 0 Å². The van der Waals surface area contributed by atoms with E-state index in [1.807, 2.05) is 55.5 Å². The van der Waals surface area contributed by atoms with E-state index < -0.39 is 22.8 Å². The van der Waals surface area contributed by atoms with Gasteiger partial charge >= 0.3 is 11.7 Å². The quantitative estimate of drug-likeness (QED) is 0.196. The third kappa shape index (κ3) is 9.33. The second-order valence-corrected chi connectivity index (χ2v) is 10.7. The molecule has 2 aromatic carbocycles. The van der Waals surface area contributed by atoms with Crippen molar-refractivity contribution in [2.45, 2.75) is 97.2 Å². The Kier molecular flexibility index (Phi) is 12.2. The fourth-order valence-corrected chi connectivity index (χ4v) is 4.80. The van der Waals surface area contributed by atoms with E-state index in [1.165, 1.54) is 9.25 Å². The summed E-state index contributed by atoms with van der Waals surface area (Å²) in [6, 6.07) is 17.1. The lowest BCUT2D eigenvalue weighted by atomic mass is 10.0. The zero-order valence-electron chi connectivity index (χ0n) is 24.6. The molecule has 0 spiro atoms. The SMILES string of the molecule is CCCCCCCn1c(=O)c(NCCCc2cccc(OC(C)(CCC)C(=O)O)c2)nn(Cc2ccccc2)c1=O. The molecule has 0 aliphatic heterocycles. The molecule has 0 saturated carbocycles. The van der Waals surface area contributed by atoms with E-state index in [1.54, 1.807) is 13.0 Å². The number of benzene rings is 2. The van der Waals surface area contributed by atoms with Crippen molar-refractivity contribution in [1.82, 2.24) is 14.3 Å². The monoisotopic (exact) mass is 564 g/mol. The molecule has 1 unspecified atom stereocenters. The van der Waals surface area contributed by atoms with Crippen LogP contribution in [0.3, 0.4) is 0 Å². The minimum atomic E-state index is -1.28. The van der Waals surface area contributed by atoms with Gasteiger partial charge in [-0.1, -0.05) is 88.4 Å². The van der Waals surface area contributed by atoms with Gasteiger partial charge in [0.15, 0.2) is 0 Å². The summed E-state index contributed by atoms with van der Waals surface area (Å²) in [6.45, 7) is 6.81. The third-order valence-electron chi connectivity index (χ3n) is 7.14. The number of aryl methyl sites for hydroxylation is 1. The first-order chi connectivity index (χ1) is 19.8. The molecular formula is C32H44N4O5. The van der Waals surface area contributed by atoms with Gasteiger partial charge in [0.05, 0.1) is 6.54 Å². The van der Waals surface area contributed by atoms with Crippen LogP contribution in [0.5, 0.6) is 5.75 Å². The Morgan fingerprint density at radius 3 is 2.39 bits per heavy atom. The summed E-state index contributed by atoms with van der Waals surface area (Å²) in [4.78, 5) is 38.2. The molecule has 0 amide bonds. The number of hydrogen-bond acceptors (Lipinski definition) is 6. The maximum absolute atomic E-state index is 13.2. The predicted molar refractivity (Wildman–Crippen MR) is 162 cm³/mol. The van der Waals surface area contributed by atoms with Crippen molar-refractivity contribution in [3.63, 3.8) is 0 Å². The maximum atomic E-state index is 13.2. The molecule has 9 heteroatoms. The van der Waals surface area contributed by atoms with Crippen molar-refractivity contribution in [3.8, 4) is 5.75 Å². The standard InChI is InChI=1S/C32H44N4O5/c1-4-6-7-8-12-22-35-29(37)28(34-36(31(35)40)24-26-15-10-9-11-16-26)33-21-14-18-25-17-13-19-27(23-25)41-32(3,20-5-2)30(38)39/h9-11,13,15-17,19,23H,4-8,12,14,18,20-22,24H2,1-3H3,(H,33,34)(H,38,39). The van der Waals surface area contributed by atoms with Crippen LogP contribution in [-0.2, 0) is 24.3 Å². The lowest BCUT2D eigenvalue weighted by Crippen LogP contribution is -2.43. The van der Waals surface area contributed by atoms with Gasteiger partial charge in [0.2, 0.25) is 11.4 Å². The van der Waals surface area contributed by atoms with Crippen molar-refractivity contribution in [1.29, 1.82) is 0 Å². The van der Waals surface area contributed by atoms with Crippen molar-refractivity contribution in [2.24, 2.45) is 0 Å². The second kappa shape index (κ2) is 15.8. The molecule has 0 fully saturated rings. The van der Waals surface area contributed by atoms with Gasteiger partial charge in [-0.05, 0) is 55.9 Å². The van der Waals surface area contributed by atoms with Crippen molar-refractivity contribution in [3.05, 3.63) is 86.6 Å². The van der Waals surface area contributed by atoms with Gasteiger partial charge in [-0.2, -0.15) is 0 Å². The summed E-state index contributed by atoms with van der Waals surface area (Å²) < 4.78 is 8.54. The number of carboxylic acid groups (broad SMARTS) is 1. The number of ether oxygens (including phenoxy) is 1. The van der Waals surface area contributed by atoms with Crippen LogP contribution in [0.4, 0.5) is 5.82 Å². The summed E-state index contributed by atoms with van der Waals surface area (Å²) in [5.74, 6) is -0.296. The summed E-state index contributed by atoms with van der Waals surface area (Å²) in [6.07, 6.45) is 7.58. The Morgan fingerprint density at radius 1 is 0.951 bits per heavy atom. The number of carboxylic acids is 1. The minimum Gasteiger partial charge on any atom is -0.478 e. The highest BCUT2D eigenvalue weighted by atomic mass is 16.5. The molecule has 0 bridgehead atoms. The Labute approximate surface area is 242 Å². The van der Waals surface area contributed by atoms with Gasteiger partial charge in [-0.3, -0.25) is 9.36 Å². The topological polar surface area (TPSA) is 115 Å². The van der Waals surface area contributed by atoms with E-state index in [2.05, 4.69) is 17.3 Å². The molecule has 3 aromatic rings. The fraction of sp³-hybridized carbons (Fsp3) is 0.500. The fourth-order valence-electron chi connectivity index (χ4n) is 4.80. The number of anilines is 1. The second-order valence-electron chi connectivity index (χ2n) is 10.7. The number of unbranched alkanes of at least 4 members (excludes halogenated alkanes) is 4. The molecule has 1 aromatic heterocycles. The van der Waals surface area contributed by atoms with Crippen LogP contribution >= 0.6 is 0 Å². The predicted octanol–water partition coefficient (Wildman–Crippen LogP) is 5.49. The van der Waals surface area contributed by atoms with Crippen LogP contribution in [0.2, 0.25) is 0 Å². The van der Waals surface area contributed by atoms with Gasteiger partial charge < -0.3 is 15.2 Å². The number of aliphatic carboxylic acids is 1. The molecule has 0 aliphatic carbocycles. The maximum Gasteiger partial charge on any atom is 0.347 e. The van der Waals surface area contributed by atoms with Gasteiger partial charge in [0.1, 0.15) is 5.75 Å². The number of hydrogen-bond donors (Lipinski definition) is 2. The average Bonchev–Trinajstić information content (AvgIpc) is 2.95. The van der Waals surface area contributed by atoms with Gasteiger partial charge in [0, 0.05) is 13.1 Å². The number of rotatable bonds is 18. The van der Waals surface area contributed by atoms with E-state index in [9.17, 15) is 19.5 Å². The first kappa shape index (κ1) is 31.6. The van der Waals surface area contributed by atoms with E-state index in [0.717, 1.165) is 43.2 Å². The van der Waals surface area contributed by atoms with E-state index in [4.69, 9.17) is 4.74 Å². The van der Waals surface area contributed by atoms with Crippen LogP contribution in [0.1, 0.15) is 83.3 Å². The zero-order chi connectivity index (χ0) is 29.7. The minimum absolute atomic E-state index is 0.169. The van der Waals surface area contributed by atoms with Gasteiger partial charge in [-0.15, -0.1) is 5.10 Å². The molecule has 1 heterocycles. The molecule has 0 saturated heterocycles. The molecule has 41 heavy (non-hydrogen) atoms. The summed E-state index contributed by atoms with van der Waals surface area (Å²) in [5.41, 5.74) is -0.136. The summed E-state index contributed by atoms with van der Waals surface area (Å²) >= 11 is 0. The van der Waals surface area contributed by atoms with Crippen LogP contribution in [0.15, 0.2) is 64.2 Å². The van der Waals surface area contributed by atoms with E-state index in [0.29, 0.717) is 44.5 Å². The molecule has 0 aliphatic rings. The smallest absolute Gasteiger partial charge is 0.347 e.